The summed E-state index contributed by atoms with van der Waals surface area (Å²) >= 11 is 1.36. The maximum absolute atomic E-state index is 12.4. The first-order valence-corrected chi connectivity index (χ1v) is 11.0. The Morgan fingerprint density at radius 1 is 1.03 bits per heavy atom. The van der Waals surface area contributed by atoms with Crippen LogP contribution < -0.4 is 20.1 Å². The van der Waals surface area contributed by atoms with Crippen molar-refractivity contribution in [1.29, 1.82) is 0 Å². The lowest BCUT2D eigenvalue weighted by Gasteiger charge is -2.09. The van der Waals surface area contributed by atoms with E-state index < -0.39 is 0 Å². The van der Waals surface area contributed by atoms with Gasteiger partial charge in [-0.15, -0.1) is 10.2 Å². The van der Waals surface area contributed by atoms with Crippen LogP contribution in [0.1, 0.15) is 40.2 Å². The Labute approximate surface area is 191 Å². The number of benzene rings is 2. The van der Waals surface area contributed by atoms with E-state index in [1.54, 1.807) is 18.2 Å². The van der Waals surface area contributed by atoms with Crippen LogP contribution in [-0.4, -0.2) is 42.8 Å². The molecule has 168 valence electrons. The number of hydrogen-bond acceptors (Lipinski definition) is 7. The first-order chi connectivity index (χ1) is 15.5. The Morgan fingerprint density at radius 3 is 2.38 bits per heavy atom. The van der Waals surface area contributed by atoms with Gasteiger partial charge >= 0.3 is 0 Å². The summed E-state index contributed by atoms with van der Waals surface area (Å²) < 4.78 is 10.3. The lowest BCUT2D eigenvalue weighted by atomic mass is 9.98. The Hall–Kier alpha value is -3.46. The molecule has 0 spiro atoms. The van der Waals surface area contributed by atoms with E-state index in [0.717, 1.165) is 11.4 Å². The number of methoxy groups -OCH3 is 2. The van der Waals surface area contributed by atoms with Gasteiger partial charge in [0.15, 0.2) is 0 Å². The van der Waals surface area contributed by atoms with Crippen LogP contribution >= 0.6 is 11.3 Å². The third-order valence-corrected chi connectivity index (χ3v) is 5.67. The highest BCUT2D eigenvalue weighted by Gasteiger charge is 2.14. The fourth-order valence-electron chi connectivity index (χ4n) is 3.06. The quantitative estimate of drug-likeness (QED) is 0.485. The lowest BCUT2D eigenvalue weighted by molar-refractivity contribution is -0.116. The van der Waals surface area contributed by atoms with Crippen molar-refractivity contribution in [2.24, 2.45) is 0 Å². The molecule has 8 nitrogen and oxygen atoms in total. The van der Waals surface area contributed by atoms with Crippen molar-refractivity contribution in [3.05, 3.63) is 64.7 Å². The van der Waals surface area contributed by atoms with E-state index in [-0.39, 0.29) is 24.8 Å². The maximum Gasteiger partial charge on any atom is 0.251 e. The monoisotopic (exact) mass is 454 g/mol. The summed E-state index contributed by atoms with van der Waals surface area (Å²) in [7, 11) is 3.03. The smallest absolute Gasteiger partial charge is 0.251 e. The maximum atomic E-state index is 12.4. The molecule has 2 aromatic carbocycles. The molecule has 0 aliphatic carbocycles. The van der Waals surface area contributed by atoms with Gasteiger partial charge in [-0.3, -0.25) is 9.59 Å². The van der Waals surface area contributed by atoms with Crippen molar-refractivity contribution in [2.75, 3.05) is 26.1 Å². The third-order valence-electron chi connectivity index (χ3n) is 4.81. The molecule has 3 aromatic rings. The summed E-state index contributed by atoms with van der Waals surface area (Å²) in [6.45, 7) is 2.32. The molecule has 0 aliphatic heterocycles. The first-order valence-electron chi connectivity index (χ1n) is 10.2. The van der Waals surface area contributed by atoms with Gasteiger partial charge in [-0.25, -0.2) is 0 Å². The third kappa shape index (κ3) is 6.52. The van der Waals surface area contributed by atoms with Crippen LogP contribution in [0.5, 0.6) is 11.5 Å². The van der Waals surface area contributed by atoms with Crippen molar-refractivity contribution in [3.63, 3.8) is 0 Å². The molecule has 1 unspecified atom stereocenters. The zero-order valence-corrected chi connectivity index (χ0v) is 19.1. The standard InChI is InChI=1S/C23H26N4O4S/c1-15(16-7-5-4-6-8-16)11-21-26-27-23(32-21)25-20(28)9-10-24-22(29)17-12-18(30-2)14-19(13-17)31-3/h4-8,12-15H,9-11H2,1-3H3,(H,24,29)(H,25,27,28). The highest BCUT2D eigenvalue weighted by molar-refractivity contribution is 7.15. The van der Waals surface area contributed by atoms with Crippen LogP contribution in [-0.2, 0) is 11.2 Å². The average molecular weight is 455 g/mol. The Bertz CT molecular complexity index is 1030. The number of rotatable bonds is 10. The van der Waals surface area contributed by atoms with Gasteiger partial charge < -0.3 is 20.1 Å². The van der Waals surface area contributed by atoms with Gasteiger partial charge in [0.1, 0.15) is 16.5 Å². The second-order valence-corrected chi connectivity index (χ2v) is 8.23. The van der Waals surface area contributed by atoms with Gasteiger partial charge in [0, 0.05) is 31.0 Å². The van der Waals surface area contributed by atoms with E-state index in [4.69, 9.17) is 9.47 Å². The molecule has 1 atom stereocenters. The summed E-state index contributed by atoms with van der Waals surface area (Å²) in [6.07, 6.45) is 0.861. The van der Waals surface area contributed by atoms with Crippen LogP contribution in [0.4, 0.5) is 5.13 Å². The van der Waals surface area contributed by atoms with E-state index in [2.05, 4.69) is 39.9 Å². The number of hydrogen-bond donors (Lipinski definition) is 2. The molecule has 1 heterocycles. The molecule has 0 saturated carbocycles. The second kappa shape index (κ2) is 11.2. The SMILES string of the molecule is COc1cc(OC)cc(C(=O)NCCC(=O)Nc2nnc(CC(C)c3ccccc3)s2)c1. The number of aromatic nitrogens is 2. The molecule has 9 heteroatoms. The number of carbonyl (C=O) groups excluding carboxylic acids is 2. The molecule has 1 aromatic heterocycles. The van der Waals surface area contributed by atoms with Crippen molar-refractivity contribution in [2.45, 2.75) is 25.7 Å². The largest absolute Gasteiger partial charge is 0.497 e. The van der Waals surface area contributed by atoms with Crippen molar-refractivity contribution in [3.8, 4) is 11.5 Å². The minimum atomic E-state index is -0.317. The number of nitrogens with one attached hydrogen (secondary N) is 2. The molecule has 2 amide bonds. The van der Waals surface area contributed by atoms with E-state index in [1.807, 2.05) is 18.2 Å². The molecule has 0 fully saturated rings. The van der Waals surface area contributed by atoms with Crippen LogP contribution in [0.15, 0.2) is 48.5 Å². The topological polar surface area (TPSA) is 102 Å². The Morgan fingerprint density at radius 2 is 1.72 bits per heavy atom. The zero-order chi connectivity index (χ0) is 22.9. The molecule has 0 radical (unpaired) electrons. The minimum absolute atomic E-state index is 0.113. The van der Waals surface area contributed by atoms with Gasteiger partial charge in [-0.05, 0) is 23.6 Å². The number of anilines is 1. The highest BCUT2D eigenvalue weighted by atomic mass is 32.1. The van der Waals surface area contributed by atoms with E-state index in [1.165, 1.54) is 31.1 Å². The lowest BCUT2D eigenvalue weighted by Crippen LogP contribution is -2.27. The van der Waals surface area contributed by atoms with Gasteiger partial charge in [0.25, 0.3) is 5.91 Å². The molecule has 0 aliphatic rings. The summed E-state index contributed by atoms with van der Waals surface area (Å²) in [6, 6.07) is 15.1. The van der Waals surface area contributed by atoms with E-state index >= 15 is 0 Å². The highest BCUT2D eigenvalue weighted by Crippen LogP contribution is 2.24. The number of ether oxygens (including phenoxy) is 2. The molecule has 0 bridgehead atoms. The normalized spacial score (nSPS) is 11.5. The zero-order valence-electron chi connectivity index (χ0n) is 18.3. The van der Waals surface area contributed by atoms with Crippen LogP contribution in [0.25, 0.3) is 0 Å². The van der Waals surface area contributed by atoms with E-state index in [0.29, 0.717) is 28.1 Å². The minimum Gasteiger partial charge on any atom is -0.497 e. The second-order valence-electron chi connectivity index (χ2n) is 7.17. The predicted octanol–water partition coefficient (Wildman–Crippen LogP) is 3.66. The van der Waals surface area contributed by atoms with Crippen LogP contribution in [0.3, 0.4) is 0 Å². The number of carbonyl (C=O) groups is 2. The Kier molecular flexibility index (Phi) is 8.15. The summed E-state index contributed by atoms with van der Waals surface area (Å²) in [5.41, 5.74) is 1.63. The van der Waals surface area contributed by atoms with Gasteiger partial charge in [0.2, 0.25) is 11.0 Å². The molecule has 32 heavy (non-hydrogen) atoms. The summed E-state index contributed by atoms with van der Waals surface area (Å²) in [5.74, 6) is 0.774. The fraction of sp³-hybridized carbons (Fsp3) is 0.304. The molecule has 0 saturated heterocycles. The number of nitrogens with zero attached hydrogens (tertiary/aromatic N) is 2. The van der Waals surface area contributed by atoms with Crippen molar-refractivity contribution in [1.82, 2.24) is 15.5 Å². The molecule has 3 rings (SSSR count). The molecule has 2 N–H and O–H groups in total. The first kappa shape index (κ1) is 23.2. The van der Waals surface area contributed by atoms with Crippen LogP contribution in [0.2, 0.25) is 0 Å². The summed E-state index contributed by atoms with van der Waals surface area (Å²) in [5, 5.41) is 15.0. The number of amides is 2. The average Bonchev–Trinajstić information content (AvgIpc) is 3.25. The molecular weight excluding hydrogens is 428 g/mol. The van der Waals surface area contributed by atoms with E-state index in [9.17, 15) is 9.59 Å². The fourth-order valence-corrected chi connectivity index (χ4v) is 3.94. The Balaban J connectivity index is 1.46. The van der Waals surface area contributed by atoms with Gasteiger partial charge in [0.05, 0.1) is 14.2 Å². The van der Waals surface area contributed by atoms with Crippen molar-refractivity contribution >= 4 is 28.3 Å². The van der Waals surface area contributed by atoms with Gasteiger partial charge in [-0.1, -0.05) is 48.6 Å². The predicted molar refractivity (Wildman–Crippen MR) is 124 cm³/mol. The summed E-state index contributed by atoms with van der Waals surface area (Å²) in [4.78, 5) is 24.6. The van der Waals surface area contributed by atoms with Gasteiger partial charge in [-0.2, -0.15) is 0 Å². The molecular formula is C23H26N4O4S. The van der Waals surface area contributed by atoms with Crippen LogP contribution in [0, 0.1) is 0 Å². The van der Waals surface area contributed by atoms with Crippen molar-refractivity contribution < 1.29 is 19.1 Å².